The highest BCUT2D eigenvalue weighted by atomic mass is 16.2. The number of hydrogen-bond acceptors (Lipinski definition) is 4. The third-order valence-electron chi connectivity index (χ3n) is 5.53. The highest BCUT2D eigenvalue weighted by molar-refractivity contribution is 5.99. The van der Waals surface area contributed by atoms with Gasteiger partial charge in [0.2, 0.25) is 0 Å². The fraction of sp³-hybridized carbons (Fsp3) is 0.550. The van der Waals surface area contributed by atoms with Crippen LogP contribution >= 0.6 is 0 Å². The number of aromatic nitrogens is 3. The summed E-state index contributed by atoms with van der Waals surface area (Å²) in [6.07, 6.45) is 9.02. The van der Waals surface area contributed by atoms with Crippen LogP contribution in [0, 0.1) is 0 Å². The van der Waals surface area contributed by atoms with E-state index in [1.165, 1.54) is 12.8 Å². The Morgan fingerprint density at radius 2 is 1.96 bits per heavy atom. The number of fused-ring (bicyclic) bond motifs is 1. The molecule has 6 heteroatoms. The topological polar surface area (TPSA) is 63.1 Å². The number of likely N-dealkylation sites (tertiary alicyclic amines) is 1. The molecule has 2 aliphatic rings. The van der Waals surface area contributed by atoms with Crippen LogP contribution in [0.25, 0.3) is 0 Å². The van der Waals surface area contributed by atoms with E-state index >= 15 is 0 Å². The van der Waals surface area contributed by atoms with Gasteiger partial charge in [-0.15, -0.1) is 0 Å². The Balaban J connectivity index is 1.66. The molecule has 2 aliphatic heterocycles. The molecular weight excluding hydrogens is 326 g/mol. The molecule has 1 amide bonds. The van der Waals surface area contributed by atoms with E-state index in [2.05, 4.69) is 29.2 Å². The molecule has 1 unspecified atom stereocenters. The van der Waals surface area contributed by atoms with Gasteiger partial charge in [0.1, 0.15) is 11.4 Å². The fourth-order valence-corrected chi connectivity index (χ4v) is 4.11. The minimum absolute atomic E-state index is 0.0751. The zero-order valence-electron chi connectivity index (χ0n) is 15.6. The standard InChI is InChI=1S/C20H27N5O/c1-20(2)13-17(16-9-5-6-10-21-16)23-18-15(14-22-25(18)20)19(26)24-11-7-3-4-8-12-24/h5-6,9-10,14,17,23H,3-4,7-8,11-13H2,1-2H3. The van der Waals surface area contributed by atoms with Crippen LogP contribution in [-0.4, -0.2) is 38.7 Å². The first-order valence-electron chi connectivity index (χ1n) is 9.61. The van der Waals surface area contributed by atoms with Crippen molar-refractivity contribution in [2.24, 2.45) is 0 Å². The number of anilines is 1. The Kier molecular flexibility index (Phi) is 4.42. The molecular formula is C20H27N5O. The summed E-state index contributed by atoms with van der Waals surface area (Å²) in [5, 5.41) is 8.11. The van der Waals surface area contributed by atoms with Gasteiger partial charge in [-0.25, -0.2) is 4.68 Å². The zero-order valence-corrected chi connectivity index (χ0v) is 15.6. The van der Waals surface area contributed by atoms with E-state index in [9.17, 15) is 4.79 Å². The maximum Gasteiger partial charge on any atom is 0.259 e. The van der Waals surface area contributed by atoms with Gasteiger partial charge in [0, 0.05) is 19.3 Å². The van der Waals surface area contributed by atoms with Crippen molar-refractivity contribution >= 4 is 11.7 Å². The Bertz CT molecular complexity index is 775. The van der Waals surface area contributed by atoms with Crippen LogP contribution in [0.5, 0.6) is 0 Å². The summed E-state index contributed by atoms with van der Waals surface area (Å²) in [5.41, 5.74) is 1.50. The third-order valence-corrected chi connectivity index (χ3v) is 5.53. The van der Waals surface area contributed by atoms with Crippen molar-refractivity contribution in [2.75, 3.05) is 18.4 Å². The lowest BCUT2D eigenvalue weighted by Gasteiger charge is -2.38. The van der Waals surface area contributed by atoms with Crippen molar-refractivity contribution in [1.82, 2.24) is 19.7 Å². The van der Waals surface area contributed by atoms with E-state index in [0.29, 0.717) is 5.56 Å². The van der Waals surface area contributed by atoms with Crippen LogP contribution in [0.1, 0.15) is 68.0 Å². The van der Waals surface area contributed by atoms with E-state index < -0.39 is 0 Å². The highest BCUT2D eigenvalue weighted by Crippen LogP contribution is 2.39. The van der Waals surface area contributed by atoms with Crippen molar-refractivity contribution in [2.45, 2.75) is 57.5 Å². The number of nitrogens with one attached hydrogen (secondary N) is 1. The maximum atomic E-state index is 13.2. The van der Waals surface area contributed by atoms with Gasteiger partial charge in [-0.1, -0.05) is 18.9 Å². The van der Waals surface area contributed by atoms with Crippen molar-refractivity contribution in [3.8, 4) is 0 Å². The lowest BCUT2D eigenvalue weighted by atomic mass is 9.91. The van der Waals surface area contributed by atoms with Crippen LogP contribution in [-0.2, 0) is 5.54 Å². The first-order chi connectivity index (χ1) is 12.6. The van der Waals surface area contributed by atoms with E-state index in [1.54, 1.807) is 6.20 Å². The van der Waals surface area contributed by atoms with E-state index in [-0.39, 0.29) is 17.5 Å². The van der Waals surface area contributed by atoms with Crippen molar-refractivity contribution in [3.05, 3.63) is 41.9 Å². The van der Waals surface area contributed by atoms with Crippen LogP contribution in [0.2, 0.25) is 0 Å². The van der Waals surface area contributed by atoms with Gasteiger partial charge in [0.25, 0.3) is 5.91 Å². The second-order valence-electron chi connectivity index (χ2n) is 7.99. The highest BCUT2D eigenvalue weighted by Gasteiger charge is 2.37. The Morgan fingerprint density at radius 1 is 1.19 bits per heavy atom. The smallest absolute Gasteiger partial charge is 0.259 e. The van der Waals surface area contributed by atoms with Crippen LogP contribution in [0.15, 0.2) is 30.6 Å². The molecule has 0 aliphatic carbocycles. The summed E-state index contributed by atoms with van der Waals surface area (Å²) >= 11 is 0. The Labute approximate surface area is 154 Å². The lowest BCUT2D eigenvalue weighted by Crippen LogP contribution is -2.39. The summed E-state index contributed by atoms with van der Waals surface area (Å²) in [5.74, 6) is 0.921. The Hall–Kier alpha value is -2.37. The van der Waals surface area contributed by atoms with Crippen LogP contribution in [0.3, 0.4) is 0 Å². The molecule has 138 valence electrons. The Morgan fingerprint density at radius 3 is 2.65 bits per heavy atom. The molecule has 4 heterocycles. The number of rotatable bonds is 2. The van der Waals surface area contributed by atoms with Crippen molar-refractivity contribution in [1.29, 1.82) is 0 Å². The van der Waals surface area contributed by atoms with Gasteiger partial charge in [0.15, 0.2) is 0 Å². The molecule has 0 saturated carbocycles. The average Bonchev–Trinajstić information content (AvgIpc) is 2.89. The monoisotopic (exact) mass is 353 g/mol. The number of amides is 1. The predicted molar refractivity (Wildman–Crippen MR) is 101 cm³/mol. The van der Waals surface area contributed by atoms with E-state index in [4.69, 9.17) is 0 Å². The summed E-state index contributed by atoms with van der Waals surface area (Å²) < 4.78 is 1.97. The number of carbonyl (C=O) groups excluding carboxylic acids is 1. The second kappa shape index (κ2) is 6.74. The number of nitrogens with zero attached hydrogens (tertiary/aromatic N) is 4. The lowest BCUT2D eigenvalue weighted by molar-refractivity contribution is 0.0762. The normalized spacial score (nSPS) is 22.2. The molecule has 1 fully saturated rings. The fourth-order valence-electron chi connectivity index (χ4n) is 4.11. The number of carbonyl (C=O) groups is 1. The first kappa shape index (κ1) is 17.1. The molecule has 6 nitrogen and oxygen atoms in total. The summed E-state index contributed by atoms with van der Waals surface area (Å²) in [6.45, 7) is 6.02. The minimum Gasteiger partial charge on any atom is -0.361 e. The summed E-state index contributed by atoms with van der Waals surface area (Å²) in [7, 11) is 0. The quantitative estimate of drug-likeness (QED) is 0.896. The number of pyridine rings is 1. The minimum atomic E-state index is -0.180. The van der Waals surface area contributed by atoms with Gasteiger partial charge in [0.05, 0.1) is 23.5 Å². The predicted octanol–water partition coefficient (Wildman–Crippen LogP) is 3.59. The molecule has 0 bridgehead atoms. The van der Waals surface area contributed by atoms with Crippen LogP contribution < -0.4 is 5.32 Å². The summed E-state index contributed by atoms with van der Waals surface area (Å²) in [4.78, 5) is 19.7. The molecule has 2 aromatic heterocycles. The van der Waals surface area contributed by atoms with Gasteiger partial charge in [-0.05, 0) is 45.2 Å². The second-order valence-corrected chi connectivity index (χ2v) is 7.99. The SMILES string of the molecule is CC1(C)CC(c2ccccn2)Nc2c(C(=O)N3CCCCCC3)cnn21. The molecule has 4 rings (SSSR count). The molecule has 1 atom stereocenters. The van der Waals surface area contributed by atoms with Crippen molar-refractivity contribution in [3.63, 3.8) is 0 Å². The molecule has 26 heavy (non-hydrogen) atoms. The van der Waals surface area contributed by atoms with Gasteiger partial charge < -0.3 is 10.2 Å². The molecule has 0 aromatic carbocycles. The van der Waals surface area contributed by atoms with Gasteiger partial charge >= 0.3 is 0 Å². The molecule has 0 spiro atoms. The van der Waals surface area contributed by atoms with E-state index in [1.807, 2.05) is 34.0 Å². The average molecular weight is 353 g/mol. The maximum absolute atomic E-state index is 13.2. The van der Waals surface area contributed by atoms with Crippen molar-refractivity contribution < 1.29 is 4.79 Å². The van der Waals surface area contributed by atoms with Crippen LogP contribution in [0.4, 0.5) is 5.82 Å². The first-order valence-corrected chi connectivity index (χ1v) is 9.61. The largest absolute Gasteiger partial charge is 0.361 e. The number of hydrogen-bond donors (Lipinski definition) is 1. The zero-order chi connectivity index (χ0) is 18.1. The van der Waals surface area contributed by atoms with E-state index in [0.717, 1.165) is 43.9 Å². The van der Waals surface area contributed by atoms with Gasteiger partial charge in [-0.2, -0.15) is 5.10 Å². The molecule has 1 N–H and O–H groups in total. The third kappa shape index (κ3) is 3.08. The molecule has 1 saturated heterocycles. The summed E-state index contributed by atoms with van der Waals surface area (Å²) in [6, 6.07) is 6.05. The molecule has 0 radical (unpaired) electrons. The van der Waals surface area contributed by atoms with Gasteiger partial charge in [-0.3, -0.25) is 9.78 Å². The molecule has 2 aromatic rings.